The number of nitrogens with one attached hydrogen (secondary N) is 1. The monoisotopic (exact) mass is 300 g/mol. The molecule has 0 aromatic carbocycles. The molecule has 1 aliphatic heterocycles. The quantitative estimate of drug-likeness (QED) is 0.598. The summed E-state index contributed by atoms with van der Waals surface area (Å²) in [6.07, 6.45) is 7.64. The van der Waals surface area contributed by atoms with E-state index in [1.165, 1.54) is 0 Å². The molecule has 0 saturated carbocycles. The summed E-state index contributed by atoms with van der Waals surface area (Å²) in [5, 5.41) is 20.8. The maximum Gasteiger partial charge on any atom is 0.317 e. The fraction of sp³-hybridized carbons (Fsp3) is 0.867. The van der Waals surface area contributed by atoms with Gasteiger partial charge in [0.15, 0.2) is 0 Å². The van der Waals surface area contributed by atoms with Crippen LogP contribution in [-0.4, -0.2) is 52.9 Å². The minimum Gasteiger partial charge on any atom is -0.481 e. The van der Waals surface area contributed by atoms with Crippen LogP contribution < -0.4 is 5.32 Å². The van der Waals surface area contributed by atoms with Gasteiger partial charge >= 0.3 is 12.0 Å². The minimum absolute atomic E-state index is 0.0304. The van der Waals surface area contributed by atoms with E-state index < -0.39 is 5.97 Å². The highest BCUT2D eigenvalue weighted by molar-refractivity contribution is 5.74. The van der Waals surface area contributed by atoms with Crippen LogP contribution in [0.5, 0.6) is 0 Å². The minimum atomic E-state index is -0.750. The molecule has 1 saturated heterocycles. The number of carbonyl (C=O) groups excluding carboxylic acids is 1. The van der Waals surface area contributed by atoms with Crippen LogP contribution in [0, 0.1) is 0 Å². The number of amides is 2. The molecule has 6 heteroatoms. The van der Waals surface area contributed by atoms with Gasteiger partial charge in [-0.3, -0.25) is 4.79 Å². The van der Waals surface area contributed by atoms with Gasteiger partial charge in [0, 0.05) is 19.5 Å². The number of aliphatic hydroxyl groups excluding tert-OH is 1. The summed E-state index contributed by atoms with van der Waals surface area (Å²) in [4.78, 5) is 24.2. The fourth-order valence-corrected chi connectivity index (χ4v) is 2.69. The number of carbonyl (C=O) groups is 2. The second-order valence-electron chi connectivity index (χ2n) is 5.67. The molecule has 1 heterocycles. The Morgan fingerprint density at radius 2 is 1.86 bits per heavy atom. The Kier molecular flexibility index (Phi) is 8.82. The van der Waals surface area contributed by atoms with Gasteiger partial charge in [-0.25, -0.2) is 4.79 Å². The molecular formula is C15H28N2O4. The van der Waals surface area contributed by atoms with Crippen LogP contribution in [0.1, 0.15) is 57.8 Å². The van der Waals surface area contributed by atoms with Crippen LogP contribution in [0.3, 0.4) is 0 Å². The van der Waals surface area contributed by atoms with Crippen molar-refractivity contribution in [3.63, 3.8) is 0 Å². The van der Waals surface area contributed by atoms with E-state index >= 15 is 0 Å². The molecule has 0 spiro atoms. The molecule has 1 unspecified atom stereocenters. The normalized spacial score (nSPS) is 19.1. The van der Waals surface area contributed by atoms with Crippen molar-refractivity contribution in [1.29, 1.82) is 0 Å². The molecule has 0 radical (unpaired) electrons. The maximum absolute atomic E-state index is 12.1. The molecule has 1 rings (SSSR count). The van der Waals surface area contributed by atoms with Gasteiger partial charge in [-0.2, -0.15) is 0 Å². The Hall–Kier alpha value is -1.30. The van der Waals surface area contributed by atoms with Gasteiger partial charge < -0.3 is 20.4 Å². The lowest BCUT2D eigenvalue weighted by atomic mass is 10.1. The van der Waals surface area contributed by atoms with Crippen LogP contribution in [-0.2, 0) is 4.79 Å². The molecular weight excluding hydrogens is 272 g/mol. The van der Waals surface area contributed by atoms with Crippen molar-refractivity contribution in [1.82, 2.24) is 10.2 Å². The number of aliphatic hydroxyl groups is 1. The largest absolute Gasteiger partial charge is 0.481 e. The maximum atomic E-state index is 12.1. The SMILES string of the molecule is O=C(O)CCCCCCNC(=O)N1CCCCCC1CO. The van der Waals surface area contributed by atoms with Crippen molar-refractivity contribution in [2.24, 2.45) is 0 Å². The molecule has 1 aliphatic rings. The van der Waals surface area contributed by atoms with Crippen LogP contribution in [0.2, 0.25) is 0 Å². The van der Waals surface area contributed by atoms with Gasteiger partial charge in [0.1, 0.15) is 0 Å². The molecule has 122 valence electrons. The Morgan fingerprint density at radius 3 is 2.57 bits per heavy atom. The van der Waals surface area contributed by atoms with Crippen LogP contribution >= 0.6 is 0 Å². The zero-order valence-electron chi connectivity index (χ0n) is 12.7. The number of hydrogen-bond acceptors (Lipinski definition) is 3. The third-order valence-electron chi connectivity index (χ3n) is 3.94. The summed E-state index contributed by atoms with van der Waals surface area (Å²) < 4.78 is 0. The van der Waals surface area contributed by atoms with Crippen molar-refractivity contribution in [3.8, 4) is 0 Å². The number of nitrogens with zero attached hydrogens (tertiary/aromatic N) is 1. The van der Waals surface area contributed by atoms with Crippen molar-refractivity contribution in [2.45, 2.75) is 63.8 Å². The van der Waals surface area contributed by atoms with Gasteiger partial charge in [-0.15, -0.1) is 0 Å². The van der Waals surface area contributed by atoms with Gasteiger partial charge in [0.25, 0.3) is 0 Å². The molecule has 0 aromatic rings. The van der Waals surface area contributed by atoms with E-state index in [-0.39, 0.29) is 25.1 Å². The van der Waals surface area contributed by atoms with Gasteiger partial charge in [0.05, 0.1) is 12.6 Å². The van der Waals surface area contributed by atoms with E-state index in [1.54, 1.807) is 4.90 Å². The lowest BCUT2D eigenvalue weighted by Gasteiger charge is -2.28. The van der Waals surface area contributed by atoms with Crippen molar-refractivity contribution >= 4 is 12.0 Å². The summed E-state index contributed by atoms with van der Waals surface area (Å²) in [7, 11) is 0. The van der Waals surface area contributed by atoms with Gasteiger partial charge in [-0.05, 0) is 25.7 Å². The highest BCUT2D eigenvalue weighted by Gasteiger charge is 2.24. The molecule has 0 aliphatic carbocycles. The number of carboxylic acid groups (broad SMARTS) is 1. The standard InChI is InChI=1S/C15H28N2O4/c18-12-13-8-4-3-7-11-17(13)15(21)16-10-6-2-1-5-9-14(19)20/h13,18H,1-12H2,(H,16,21)(H,19,20). The highest BCUT2D eigenvalue weighted by Crippen LogP contribution is 2.16. The number of unbranched alkanes of at least 4 members (excludes halogenated alkanes) is 3. The number of hydrogen-bond donors (Lipinski definition) is 3. The first-order valence-electron chi connectivity index (χ1n) is 8.02. The van der Waals surface area contributed by atoms with E-state index in [2.05, 4.69) is 5.32 Å². The van der Waals surface area contributed by atoms with E-state index in [0.717, 1.165) is 51.5 Å². The second kappa shape index (κ2) is 10.4. The summed E-state index contributed by atoms with van der Waals surface area (Å²) in [6, 6.07) is -0.135. The van der Waals surface area contributed by atoms with Crippen LogP contribution in [0.4, 0.5) is 4.79 Å². The number of carboxylic acids is 1. The molecule has 21 heavy (non-hydrogen) atoms. The second-order valence-corrected chi connectivity index (χ2v) is 5.67. The van der Waals surface area contributed by atoms with Crippen molar-refractivity contribution in [3.05, 3.63) is 0 Å². The molecule has 1 fully saturated rings. The van der Waals surface area contributed by atoms with Crippen LogP contribution in [0.25, 0.3) is 0 Å². The smallest absolute Gasteiger partial charge is 0.317 e. The first-order valence-corrected chi connectivity index (χ1v) is 8.02. The first kappa shape index (κ1) is 17.8. The number of aliphatic carboxylic acids is 1. The van der Waals surface area contributed by atoms with Crippen LogP contribution in [0.15, 0.2) is 0 Å². The average molecular weight is 300 g/mol. The molecule has 1 atom stereocenters. The Morgan fingerprint density at radius 1 is 1.10 bits per heavy atom. The Labute approximate surface area is 126 Å². The van der Waals surface area contributed by atoms with E-state index in [9.17, 15) is 14.7 Å². The predicted molar refractivity (Wildman–Crippen MR) is 80.2 cm³/mol. The summed E-state index contributed by atoms with van der Waals surface area (Å²) >= 11 is 0. The predicted octanol–water partition coefficient (Wildman–Crippen LogP) is 1.97. The Bertz CT molecular complexity index is 323. The van der Waals surface area contributed by atoms with Gasteiger partial charge in [-0.1, -0.05) is 25.7 Å². The molecule has 6 nitrogen and oxygen atoms in total. The lowest BCUT2D eigenvalue weighted by molar-refractivity contribution is -0.137. The molecule has 0 aromatic heterocycles. The van der Waals surface area contributed by atoms with E-state index in [1.807, 2.05) is 0 Å². The molecule has 3 N–H and O–H groups in total. The van der Waals surface area contributed by atoms with Crippen molar-refractivity contribution < 1.29 is 19.8 Å². The number of rotatable bonds is 8. The average Bonchev–Trinajstić information content (AvgIpc) is 2.70. The summed E-state index contributed by atoms with van der Waals surface area (Å²) in [6.45, 7) is 1.36. The molecule has 0 bridgehead atoms. The fourth-order valence-electron chi connectivity index (χ4n) is 2.69. The number of likely N-dealkylation sites (tertiary alicyclic amines) is 1. The highest BCUT2D eigenvalue weighted by atomic mass is 16.4. The van der Waals surface area contributed by atoms with E-state index in [4.69, 9.17) is 5.11 Å². The summed E-state index contributed by atoms with van der Waals surface area (Å²) in [5.74, 6) is -0.750. The zero-order valence-corrected chi connectivity index (χ0v) is 12.7. The topological polar surface area (TPSA) is 89.9 Å². The summed E-state index contributed by atoms with van der Waals surface area (Å²) in [5.41, 5.74) is 0. The lowest BCUT2D eigenvalue weighted by Crippen LogP contribution is -2.47. The molecule has 2 amide bonds. The third kappa shape index (κ3) is 7.32. The zero-order chi connectivity index (χ0) is 15.5. The first-order chi connectivity index (χ1) is 10.1. The Balaban J connectivity index is 2.15. The number of urea groups is 1. The van der Waals surface area contributed by atoms with Crippen molar-refractivity contribution in [2.75, 3.05) is 19.7 Å². The third-order valence-corrected chi connectivity index (χ3v) is 3.94. The van der Waals surface area contributed by atoms with E-state index in [0.29, 0.717) is 13.0 Å². The van der Waals surface area contributed by atoms with Gasteiger partial charge in [0.2, 0.25) is 0 Å².